The molecule has 27 heavy (non-hydrogen) atoms. The van der Waals surface area contributed by atoms with Crippen LogP contribution in [0.3, 0.4) is 0 Å². The van der Waals surface area contributed by atoms with Crippen LogP contribution in [0, 0.1) is 0 Å². The Morgan fingerprint density at radius 2 is 1.85 bits per heavy atom. The van der Waals surface area contributed by atoms with E-state index in [1.54, 1.807) is 37.4 Å². The molecule has 0 saturated carbocycles. The van der Waals surface area contributed by atoms with Gasteiger partial charge in [0.2, 0.25) is 5.75 Å². The fourth-order valence-corrected chi connectivity index (χ4v) is 2.46. The number of hydrogen-bond donors (Lipinski definition) is 1. The van der Waals surface area contributed by atoms with Crippen molar-refractivity contribution in [2.45, 2.75) is 0 Å². The van der Waals surface area contributed by atoms with Gasteiger partial charge in [-0.3, -0.25) is 4.79 Å². The molecule has 1 amide bonds. The first-order valence-electron chi connectivity index (χ1n) is 8.26. The second kappa shape index (κ2) is 8.79. The average Bonchev–Trinajstić information content (AvgIpc) is 2.71. The smallest absolute Gasteiger partial charge is 0.277 e. The van der Waals surface area contributed by atoms with E-state index < -0.39 is 5.91 Å². The van der Waals surface area contributed by atoms with Crippen LogP contribution in [0.1, 0.15) is 5.56 Å². The van der Waals surface area contributed by atoms with Crippen LogP contribution in [0.2, 0.25) is 0 Å². The van der Waals surface area contributed by atoms with Gasteiger partial charge in [0.25, 0.3) is 5.91 Å². The minimum absolute atomic E-state index is 0.192. The van der Waals surface area contributed by atoms with Crippen molar-refractivity contribution in [1.82, 2.24) is 5.43 Å². The van der Waals surface area contributed by atoms with Gasteiger partial charge < -0.3 is 23.7 Å². The van der Waals surface area contributed by atoms with E-state index in [-0.39, 0.29) is 6.61 Å². The van der Waals surface area contributed by atoms with Gasteiger partial charge in [-0.1, -0.05) is 12.1 Å². The highest BCUT2D eigenvalue weighted by Crippen LogP contribution is 2.39. The number of nitrogens with one attached hydrogen (secondary N) is 1. The third kappa shape index (κ3) is 4.60. The topological polar surface area (TPSA) is 87.6 Å². The van der Waals surface area contributed by atoms with E-state index >= 15 is 0 Å². The van der Waals surface area contributed by atoms with Gasteiger partial charge in [0.05, 0.1) is 20.4 Å². The Hall–Kier alpha value is -3.42. The number of hydrazone groups is 1. The summed E-state index contributed by atoms with van der Waals surface area (Å²) in [6.45, 7) is 0.745. The van der Waals surface area contributed by atoms with Gasteiger partial charge in [-0.2, -0.15) is 5.10 Å². The third-order valence-corrected chi connectivity index (χ3v) is 3.68. The Morgan fingerprint density at radius 3 is 2.63 bits per heavy atom. The third-order valence-electron chi connectivity index (χ3n) is 3.68. The summed E-state index contributed by atoms with van der Waals surface area (Å²) in [4.78, 5) is 11.9. The Bertz CT molecular complexity index is 820. The molecular weight excluding hydrogens is 352 g/mol. The van der Waals surface area contributed by atoms with Crippen LogP contribution >= 0.6 is 0 Å². The van der Waals surface area contributed by atoms with Crippen LogP contribution < -0.4 is 29.1 Å². The lowest BCUT2D eigenvalue weighted by Crippen LogP contribution is -2.24. The molecule has 1 heterocycles. The predicted octanol–water partition coefficient (Wildman–Crippen LogP) is 2.00. The number of carbonyl (C=O) groups excluding carboxylic acids is 1. The first-order valence-corrected chi connectivity index (χ1v) is 8.26. The molecule has 2 aromatic carbocycles. The SMILES string of the molecule is COc1ccccc1OCC(=O)N/N=C\c1cc(OC)c2c(c1)OCCO2. The Labute approximate surface area is 156 Å². The van der Waals surface area contributed by atoms with E-state index in [2.05, 4.69) is 10.5 Å². The molecule has 142 valence electrons. The summed E-state index contributed by atoms with van der Waals surface area (Å²) in [5.41, 5.74) is 3.10. The number of fused-ring (bicyclic) bond motifs is 1. The monoisotopic (exact) mass is 372 g/mol. The maximum absolute atomic E-state index is 11.9. The molecule has 0 fully saturated rings. The van der Waals surface area contributed by atoms with Crippen molar-refractivity contribution in [3.63, 3.8) is 0 Å². The Balaban J connectivity index is 1.58. The molecule has 8 heteroatoms. The van der Waals surface area contributed by atoms with E-state index in [0.29, 0.717) is 47.5 Å². The number of benzene rings is 2. The zero-order valence-corrected chi connectivity index (χ0v) is 15.1. The van der Waals surface area contributed by atoms with Crippen molar-refractivity contribution >= 4 is 12.1 Å². The summed E-state index contributed by atoms with van der Waals surface area (Å²) in [5.74, 6) is 2.32. The van der Waals surface area contributed by atoms with Gasteiger partial charge >= 0.3 is 0 Å². The summed E-state index contributed by atoms with van der Waals surface area (Å²) in [6, 6.07) is 10.6. The second-order valence-electron chi connectivity index (χ2n) is 5.48. The van der Waals surface area contributed by atoms with E-state index in [1.165, 1.54) is 13.3 Å². The minimum Gasteiger partial charge on any atom is -0.493 e. The maximum Gasteiger partial charge on any atom is 0.277 e. The Kier molecular flexibility index (Phi) is 5.98. The lowest BCUT2D eigenvalue weighted by Gasteiger charge is -2.20. The standard InChI is InChI=1S/C19H20N2O6/c1-23-14-5-3-4-6-15(14)27-12-18(22)21-20-11-13-9-16(24-2)19-17(10-13)25-7-8-26-19/h3-6,9-11H,7-8,12H2,1-2H3,(H,21,22)/b20-11-. The molecule has 1 aliphatic rings. The summed E-state index contributed by atoms with van der Waals surface area (Å²) >= 11 is 0. The lowest BCUT2D eigenvalue weighted by molar-refractivity contribution is -0.123. The van der Waals surface area contributed by atoms with Crippen LogP contribution in [-0.2, 0) is 4.79 Å². The second-order valence-corrected chi connectivity index (χ2v) is 5.48. The number of methoxy groups -OCH3 is 2. The highest BCUT2D eigenvalue weighted by molar-refractivity contribution is 5.84. The lowest BCUT2D eigenvalue weighted by atomic mass is 10.2. The number of hydrogen-bond acceptors (Lipinski definition) is 7. The number of ether oxygens (including phenoxy) is 5. The molecule has 3 rings (SSSR count). The minimum atomic E-state index is -0.401. The fourth-order valence-electron chi connectivity index (χ4n) is 2.46. The van der Waals surface area contributed by atoms with E-state index in [9.17, 15) is 4.79 Å². The number of rotatable bonds is 7. The van der Waals surface area contributed by atoms with E-state index in [1.807, 2.05) is 6.07 Å². The highest BCUT2D eigenvalue weighted by Gasteiger charge is 2.18. The molecule has 8 nitrogen and oxygen atoms in total. The van der Waals surface area contributed by atoms with E-state index in [0.717, 1.165) is 0 Å². The maximum atomic E-state index is 11.9. The normalized spacial score (nSPS) is 12.5. The molecular formula is C19H20N2O6. The molecule has 0 bridgehead atoms. The Morgan fingerprint density at radius 1 is 1.11 bits per heavy atom. The zero-order valence-electron chi connectivity index (χ0n) is 15.1. The number of nitrogens with zero attached hydrogens (tertiary/aromatic N) is 1. The molecule has 2 aromatic rings. The predicted molar refractivity (Wildman–Crippen MR) is 98.2 cm³/mol. The molecule has 1 aliphatic heterocycles. The van der Waals surface area contributed by atoms with Crippen LogP contribution in [0.4, 0.5) is 0 Å². The zero-order chi connectivity index (χ0) is 19.1. The summed E-state index contributed by atoms with van der Waals surface area (Å²) < 4.78 is 27.0. The molecule has 0 spiro atoms. The van der Waals surface area contributed by atoms with Crippen molar-refractivity contribution in [1.29, 1.82) is 0 Å². The fraction of sp³-hybridized carbons (Fsp3) is 0.263. The quantitative estimate of drug-likeness (QED) is 0.591. The van der Waals surface area contributed by atoms with Gasteiger partial charge in [0, 0.05) is 5.56 Å². The van der Waals surface area contributed by atoms with Gasteiger partial charge in [0.1, 0.15) is 13.2 Å². The van der Waals surface area contributed by atoms with Crippen molar-refractivity contribution in [2.75, 3.05) is 34.0 Å². The first-order chi connectivity index (χ1) is 13.2. The number of para-hydroxylation sites is 2. The van der Waals surface area contributed by atoms with Crippen molar-refractivity contribution < 1.29 is 28.5 Å². The van der Waals surface area contributed by atoms with Gasteiger partial charge in [0.15, 0.2) is 29.6 Å². The first kappa shape index (κ1) is 18.4. The van der Waals surface area contributed by atoms with Crippen LogP contribution in [0.15, 0.2) is 41.5 Å². The molecule has 0 saturated heterocycles. The number of carbonyl (C=O) groups is 1. The molecule has 0 aliphatic carbocycles. The largest absolute Gasteiger partial charge is 0.493 e. The van der Waals surface area contributed by atoms with Crippen LogP contribution in [0.25, 0.3) is 0 Å². The van der Waals surface area contributed by atoms with Gasteiger partial charge in [-0.25, -0.2) is 5.43 Å². The van der Waals surface area contributed by atoms with Crippen molar-refractivity contribution in [3.05, 3.63) is 42.0 Å². The van der Waals surface area contributed by atoms with Gasteiger partial charge in [-0.15, -0.1) is 0 Å². The summed E-state index contributed by atoms with van der Waals surface area (Å²) in [7, 11) is 3.08. The summed E-state index contributed by atoms with van der Waals surface area (Å²) in [5, 5.41) is 3.93. The summed E-state index contributed by atoms with van der Waals surface area (Å²) in [6.07, 6.45) is 1.49. The molecule has 1 N–H and O–H groups in total. The highest BCUT2D eigenvalue weighted by atomic mass is 16.6. The van der Waals surface area contributed by atoms with Crippen molar-refractivity contribution in [3.8, 4) is 28.7 Å². The van der Waals surface area contributed by atoms with Gasteiger partial charge in [-0.05, 0) is 24.3 Å². The average molecular weight is 372 g/mol. The molecule has 0 radical (unpaired) electrons. The van der Waals surface area contributed by atoms with Crippen LogP contribution in [-0.4, -0.2) is 46.2 Å². The molecule has 0 unspecified atom stereocenters. The number of amides is 1. The van der Waals surface area contributed by atoms with E-state index in [4.69, 9.17) is 23.7 Å². The van der Waals surface area contributed by atoms with Crippen molar-refractivity contribution in [2.24, 2.45) is 5.10 Å². The molecule has 0 aromatic heterocycles. The molecule has 0 atom stereocenters. The van der Waals surface area contributed by atoms with Crippen LogP contribution in [0.5, 0.6) is 28.7 Å².